The summed E-state index contributed by atoms with van der Waals surface area (Å²) in [5.41, 5.74) is 2.68. The molecule has 166 valence electrons. The van der Waals surface area contributed by atoms with Crippen LogP contribution in [0.3, 0.4) is 0 Å². The number of oxime groups is 1. The van der Waals surface area contributed by atoms with Crippen LogP contribution in [0.25, 0.3) is 10.8 Å². The van der Waals surface area contributed by atoms with Crippen LogP contribution < -0.4 is 9.64 Å². The molecular weight excluding hydrogens is 414 g/mol. The lowest BCUT2D eigenvalue weighted by atomic mass is 10.1. The Hall–Kier alpha value is -4.13. The van der Waals surface area contributed by atoms with E-state index in [0.717, 1.165) is 42.6 Å². The maximum Gasteiger partial charge on any atom is 0.230 e. The van der Waals surface area contributed by atoms with Crippen molar-refractivity contribution >= 4 is 22.3 Å². The molecule has 1 aliphatic rings. The number of hydrogen-bond donors (Lipinski definition) is 1. The molecule has 0 saturated carbocycles. The lowest BCUT2D eigenvalue weighted by molar-refractivity contribution is 0.295. The van der Waals surface area contributed by atoms with Crippen LogP contribution in [0.15, 0.2) is 84.3 Å². The highest BCUT2D eigenvalue weighted by molar-refractivity contribution is 6.00. The van der Waals surface area contributed by atoms with E-state index in [1.165, 1.54) is 5.69 Å². The van der Waals surface area contributed by atoms with Gasteiger partial charge in [-0.05, 0) is 43.3 Å². The summed E-state index contributed by atoms with van der Waals surface area (Å²) in [5.74, 6) is 1.56. The normalized spacial score (nSPS) is 14.5. The fourth-order valence-corrected chi connectivity index (χ4v) is 4.17. The first-order chi connectivity index (χ1) is 16.2. The molecule has 0 atom stereocenters. The number of aryl methyl sites for hydroxylation is 1. The number of amidine groups is 1. The van der Waals surface area contributed by atoms with Crippen LogP contribution in [0, 0.1) is 6.92 Å². The van der Waals surface area contributed by atoms with Gasteiger partial charge >= 0.3 is 0 Å². The highest BCUT2D eigenvalue weighted by Crippen LogP contribution is 2.31. The summed E-state index contributed by atoms with van der Waals surface area (Å²) in [6.45, 7) is 5.02. The average molecular weight is 440 g/mol. The van der Waals surface area contributed by atoms with Gasteiger partial charge in [0.2, 0.25) is 5.88 Å². The van der Waals surface area contributed by atoms with Crippen molar-refractivity contribution < 1.29 is 9.94 Å². The monoisotopic (exact) mass is 439 g/mol. The zero-order valence-corrected chi connectivity index (χ0v) is 18.4. The number of anilines is 1. The Kier molecular flexibility index (Phi) is 5.76. The Morgan fingerprint density at radius 3 is 2.55 bits per heavy atom. The van der Waals surface area contributed by atoms with Crippen LogP contribution in [0.2, 0.25) is 0 Å². The minimum absolute atomic E-state index is 0.414. The second-order valence-electron chi connectivity index (χ2n) is 7.99. The van der Waals surface area contributed by atoms with E-state index in [9.17, 15) is 5.21 Å². The van der Waals surface area contributed by atoms with E-state index in [1.54, 1.807) is 12.4 Å². The Labute approximate surface area is 192 Å². The largest absolute Gasteiger partial charge is 0.438 e. The van der Waals surface area contributed by atoms with Gasteiger partial charge < -0.3 is 19.7 Å². The van der Waals surface area contributed by atoms with Gasteiger partial charge in [0.05, 0.1) is 5.56 Å². The SMILES string of the molecule is Cc1ccc(/C(=N/O)N2CCN(c3ccccc3)CC2)c(Oc2cccc3cnccc23)n1. The van der Waals surface area contributed by atoms with Crippen molar-refractivity contribution in [3.05, 3.63) is 90.4 Å². The number of fused-ring (bicyclic) bond motifs is 1. The van der Waals surface area contributed by atoms with E-state index >= 15 is 0 Å². The van der Waals surface area contributed by atoms with Crippen molar-refractivity contribution in [1.29, 1.82) is 0 Å². The molecule has 0 bridgehead atoms. The summed E-state index contributed by atoms with van der Waals surface area (Å²) in [5, 5.41) is 15.6. The first kappa shape index (κ1) is 20.8. The van der Waals surface area contributed by atoms with Crippen LogP contribution in [0.4, 0.5) is 5.69 Å². The van der Waals surface area contributed by atoms with E-state index in [0.29, 0.717) is 23.0 Å². The molecule has 33 heavy (non-hydrogen) atoms. The summed E-state index contributed by atoms with van der Waals surface area (Å²) in [4.78, 5) is 13.2. The molecule has 7 heteroatoms. The summed E-state index contributed by atoms with van der Waals surface area (Å²) in [6.07, 6.45) is 3.55. The standard InChI is InChI=1S/C26H25N5O2/c1-19-10-11-23(26(28-19)33-24-9-5-6-20-18-27-13-12-22(20)24)25(29-32)31-16-14-30(15-17-31)21-7-3-2-4-8-21/h2-13,18,32H,14-17H2,1H3/b29-25-. The van der Waals surface area contributed by atoms with Gasteiger partial charge in [-0.3, -0.25) is 4.98 Å². The second-order valence-corrected chi connectivity index (χ2v) is 7.99. The maximum absolute atomic E-state index is 9.99. The van der Waals surface area contributed by atoms with Crippen molar-refractivity contribution in [3.63, 3.8) is 0 Å². The first-order valence-electron chi connectivity index (χ1n) is 11.0. The molecule has 1 aliphatic heterocycles. The molecule has 0 spiro atoms. The number of pyridine rings is 2. The Morgan fingerprint density at radius 1 is 0.939 bits per heavy atom. The molecule has 7 nitrogen and oxygen atoms in total. The molecule has 2 aromatic heterocycles. The molecule has 0 amide bonds. The first-order valence-corrected chi connectivity index (χ1v) is 11.0. The quantitative estimate of drug-likeness (QED) is 0.215. The Morgan fingerprint density at radius 2 is 1.76 bits per heavy atom. The predicted molar refractivity (Wildman–Crippen MR) is 129 cm³/mol. The molecule has 5 rings (SSSR count). The predicted octanol–water partition coefficient (Wildman–Crippen LogP) is 4.69. The number of aromatic nitrogens is 2. The molecule has 1 N–H and O–H groups in total. The van der Waals surface area contributed by atoms with Gasteiger partial charge in [0.15, 0.2) is 5.84 Å². The molecule has 2 aromatic carbocycles. The van der Waals surface area contributed by atoms with Gasteiger partial charge in [-0.1, -0.05) is 35.5 Å². The fourth-order valence-electron chi connectivity index (χ4n) is 4.17. The maximum atomic E-state index is 9.99. The molecule has 3 heterocycles. The van der Waals surface area contributed by atoms with Crippen molar-refractivity contribution in [1.82, 2.24) is 14.9 Å². The van der Waals surface area contributed by atoms with Crippen LogP contribution in [0.1, 0.15) is 11.3 Å². The molecule has 0 aliphatic carbocycles. The summed E-state index contributed by atoms with van der Waals surface area (Å²) < 4.78 is 6.30. The summed E-state index contributed by atoms with van der Waals surface area (Å²) in [6, 6.07) is 21.9. The number of piperazine rings is 1. The van der Waals surface area contributed by atoms with E-state index in [-0.39, 0.29) is 0 Å². The minimum Gasteiger partial charge on any atom is -0.438 e. The van der Waals surface area contributed by atoms with Crippen LogP contribution in [-0.2, 0) is 0 Å². The molecule has 1 saturated heterocycles. The van der Waals surface area contributed by atoms with Crippen molar-refractivity contribution in [2.45, 2.75) is 6.92 Å². The molecule has 4 aromatic rings. The van der Waals surface area contributed by atoms with Crippen LogP contribution >= 0.6 is 0 Å². The van der Waals surface area contributed by atoms with Crippen molar-refractivity contribution in [3.8, 4) is 11.6 Å². The Bertz CT molecular complexity index is 1280. The van der Waals surface area contributed by atoms with E-state index < -0.39 is 0 Å². The number of benzene rings is 2. The molecule has 0 radical (unpaired) electrons. The van der Waals surface area contributed by atoms with Gasteiger partial charge in [-0.15, -0.1) is 0 Å². The van der Waals surface area contributed by atoms with Gasteiger partial charge in [-0.2, -0.15) is 0 Å². The zero-order valence-electron chi connectivity index (χ0n) is 18.4. The van der Waals surface area contributed by atoms with Gasteiger partial charge in [0.25, 0.3) is 0 Å². The fraction of sp³-hybridized carbons (Fsp3) is 0.192. The summed E-state index contributed by atoms with van der Waals surface area (Å²) in [7, 11) is 0. The smallest absolute Gasteiger partial charge is 0.230 e. The highest BCUT2D eigenvalue weighted by Gasteiger charge is 2.25. The number of nitrogens with zero attached hydrogens (tertiary/aromatic N) is 5. The van der Waals surface area contributed by atoms with Gasteiger partial charge in [0, 0.05) is 60.7 Å². The van der Waals surface area contributed by atoms with Gasteiger partial charge in [-0.25, -0.2) is 4.98 Å². The van der Waals surface area contributed by atoms with Gasteiger partial charge in [0.1, 0.15) is 5.75 Å². The number of ether oxygens (including phenoxy) is 1. The third kappa shape index (κ3) is 4.30. The number of rotatable bonds is 4. The zero-order chi connectivity index (χ0) is 22.6. The third-order valence-corrected chi connectivity index (χ3v) is 5.88. The lowest BCUT2D eigenvalue weighted by Crippen LogP contribution is -2.49. The van der Waals surface area contributed by atoms with E-state index in [2.05, 4.69) is 37.1 Å². The van der Waals surface area contributed by atoms with Crippen molar-refractivity contribution in [2.24, 2.45) is 5.16 Å². The number of hydrogen-bond acceptors (Lipinski definition) is 6. The minimum atomic E-state index is 0.414. The van der Waals surface area contributed by atoms with E-state index in [1.807, 2.05) is 61.5 Å². The second kappa shape index (κ2) is 9.16. The summed E-state index contributed by atoms with van der Waals surface area (Å²) >= 11 is 0. The molecular formula is C26H25N5O2. The molecule has 1 fully saturated rings. The average Bonchev–Trinajstić information content (AvgIpc) is 2.87. The topological polar surface area (TPSA) is 74.1 Å². The van der Waals surface area contributed by atoms with Crippen LogP contribution in [-0.4, -0.2) is 52.1 Å². The van der Waals surface area contributed by atoms with E-state index in [4.69, 9.17) is 4.74 Å². The number of para-hydroxylation sites is 1. The highest BCUT2D eigenvalue weighted by atomic mass is 16.5. The Balaban J connectivity index is 1.42. The molecule has 0 unspecified atom stereocenters. The van der Waals surface area contributed by atoms with Crippen molar-refractivity contribution in [2.75, 3.05) is 31.1 Å². The third-order valence-electron chi connectivity index (χ3n) is 5.88. The van der Waals surface area contributed by atoms with Crippen LogP contribution in [0.5, 0.6) is 11.6 Å². The lowest BCUT2D eigenvalue weighted by Gasteiger charge is -2.37.